The van der Waals surface area contributed by atoms with Crippen molar-refractivity contribution in [3.05, 3.63) is 0 Å². The standard InChI is InChI=1S/C4H7N3O2/c1-2-3(8)7(5)4(9)6-2/h2H,5H2,1H3,(H,6,9)/t2-/m0/s1. The fourth-order valence-corrected chi connectivity index (χ4v) is 0.625. The number of amides is 3. The molecule has 1 heterocycles. The van der Waals surface area contributed by atoms with Crippen LogP contribution >= 0.6 is 0 Å². The van der Waals surface area contributed by atoms with Gasteiger partial charge in [0.15, 0.2) is 0 Å². The van der Waals surface area contributed by atoms with Gasteiger partial charge in [-0.05, 0) is 6.92 Å². The van der Waals surface area contributed by atoms with Crippen LogP contribution in [0.5, 0.6) is 0 Å². The Labute approximate surface area is 51.8 Å². The molecule has 0 aromatic heterocycles. The van der Waals surface area contributed by atoms with Crippen LogP contribution in [-0.4, -0.2) is 23.0 Å². The van der Waals surface area contributed by atoms with E-state index in [0.717, 1.165) is 0 Å². The predicted octanol–water partition coefficient (Wildman–Crippen LogP) is -1.20. The molecule has 1 fully saturated rings. The third-order valence-electron chi connectivity index (χ3n) is 1.17. The Morgan fingerprint density at radius 3 is 2.33 bits per heavy atom. The van der Waals surface area contributed by atoms with Crippen LogP contribution in [0.1, 0.15) is 6.92 Å². The summed E-state index contributed by atoms with van der Waals surface area (Å²) in [6, 6.07) is -1.00. The van der Waals surface area contributed by atoms with Crippen molar-refractivity contribution in [1.29, 1.82) is 0 Å². The molecule has 1 rings (SSSR count). The van der Waals surface area contributed by atoms with Crippen molar-refractivity contribution < 1.29 is 9.59 Å². The fraction of sp³-hybridized carbons (Fsp3) is 0.500. The van der Waals surface area contributed by atoms with Gasteiger partial charge in [-0.15, -0.1) is 0 Å². The lowest BCUT2D eigenvalue weighted by atomic mass is 10.4. The molecule has 3 amide bonds. The summed E-state index contributed by atoms with van der Waals surface area (Å²) >= 11 is 0. The zero-order valence-corrected chi connectivity index (χ0v) is 4.92. The van der Waals surface area contributed by atoms with E-state index in [1.165, 1.54) is 0 Å². The Morgan fingerprint density at radius 2 is 2.22 bits per heavy atom. The average molecular weight is 129 g/mol. The Morgan fingerprint density at radius 1 is 1.67 bits per heavy atom. The van der Waals surface area contributed by atoms with Crippen molar-refractivity contribution in [2.75, 3.05) is 0 Å². The van der Waals surface area contributed by atoms with E-state index in [2.05, 4.69) is 5.32 Å². The van der Waals surface area contributed by atoms with E-state index in [9.17, 15) is 9.59 Å². The summed E-state index contributed by atoms with van der Waals surface area (Å²) in [5.41, 5.74) is 0. The van der Waals surface area contributed by atoms with Crippen LogP contribution in [0.4, 0.5) is 4.79 Å². The lowest BCUT2D eigenvalue weighted by Crippen LogP contribution is -2.37. The van der Waals surface area contributed by atoms with Gasteiger partial charge in [0, 0.05) is 0 Å². The highest BCUT2D eigenvalue weighted by Gasteiger charge is 2.32. The highest BCUT2D eigenvalue weighted by molar-refractivity contribution is 6.03. The van der Waals surface area contributed by atoms with Crippen LogP contribution in [-0.2, 0) is 4.79 Å². The van der Waals surface area contributed by atoms with Crippen LogP contribution in [0.25, 0.3) is 0 Å². The number of urea groups is 1. The topological polar surface area (TPSA) is 75.4 Å². The van der Waals surface area contributed by atoms with Crippen molar-refractivity contribution in [1.82, 2.24) is 10.3 Å². The molecule has 1 atom stereocenters. The molecule has 3 N–H and O–H groups in total. The lowest BCUT2D eigenvalue weighted by molar-refractivity contribution is -0.127. The van der Waals surface area contributed by atoms with Crippen LogP contribution in [0.15, 0.2) is 0 Å². The average Bonchev–Trinajstić information content (AvgIpc) is 1.98. The van der Waals surface area contributed by atoms with Gasteiger partial charge in [0.2, 0.25) is 0 Å². The molecule has 50 valence electrons. The third-order valence-corrected chi connectivity index (χ3v) is 1.17. The Balaban J connectivity index is 2.77. The molecule has 1 saturated heterocycles. The molecule has 0 aliphatic carbocycles. The fourth-order valence-electron chi connectivity index (χ4n) is 0.625. The Hall–Kier alpha value is -1.10. The number of nitrogens with one attached hydrogen (secondary N) is 1. The second-order valence-electron chi connectivity index (χ2n) is 1.88. The molecule has 1 aliphatic heterocycles. The highest BCUT2D eigenvalue weighted by atomic mass is 16.2. The molecular formula is C4H7N3O2. The van der Waals surface area contributed by atoms with Gasteiger partial charge in [0.05, 0.1) is 0 Å². The van der Waals surface area contributed by atoms with E-state index in [-0.39, 0.29) is 5.91 Å². The van der Waals surface area contributed by atoms with Gasteiger partial charge >= 0.3 is 6.03 Å². The van der Waals surface area contributed by atoms with Crippen LogP contribution in [0.3, 0.4) is 0 Å². The first kappa shape index (κ1) is 6.03. The molecule has 0 radical (unpaired) electrons. The summed E-state index contributed by atoms with van der Waals surface area (Å²) in [6.07, 6.45) is 0. The second-order valence-corrected chi connectivity index (χ2v) is 1.88. The highest BCUT2D eigenvalue weighted by Crippen LogP contribution is 1.98. The van der Waals surface area contributed by atoms with E-state index >= 15 is 0 Å². The third kappa shape index (κ3) is 0.746. The number of hydrogen-bond acceptors (Lipinski definition) is 3. The minimum Gasteiger partial charge on any atom is -0.325 e. The number of carbonyl (C=O) groups is 2. The van der Waals surface area contributed by atoms with E-state index in [4.69, 9.17) is 5.84 Å². The van der Waals surface area contributed by atoms with E-state index in [0.29, 0.717) is 5.01 Å². The van der Waals surface area contributed by atoms with Gasteiger partial charge in [-0.25, -0.2) is 10.6 Å². The van der Waals surface area contributed by atoms with Crippen molar-refractivity contribution >= 4 is 11.9 Å². The maximum absolute atomic E-state index is 10.6. The summed E-state index contributed by atoms with van der Waals surface area (Å²) in [5, 5.41) is 2.90. The molecule has 0 saturated carbocycles. The maximum atomic E-state index is 10.6. The van der Waals surface area contributed by atoms with Gasteiger partial charge in [-0.1, -0.05) is 0 Å². The number of hydrogen-bond donors (Lipinski definition) is 2. The van der Waals surface area contributed by atoms with Gasteiger partial charge in [0.1, 0.15) is 6.04 Å². The monoisotopic (exact) mass is 129 g/mol. The molecule has 1 aliphatic rings. The number of imide groups is 1. The van der Waals surface area contributed by atoms with Crippen LogP contribution < -0.4 is 11.2 Å². The van der Waals surface area contributed by atoms with Crippen molar-refractivity contribution in [3.8, 4) is 0 Å². The molecule has 0 unspecified atom stereocenters. The van der Waals surface area contributed by atoms with Crippen LogP contribution in [0, 0.1) is 0 Å². The molecule has 0 spiro atoms. The Bertz CT molecular complexity index is 167. The number of rotatable bonds is 0. The first-order valence-electron chi connectivity index (χ1n) is 2.52. The minimum absolute atomic E-state index is 0.389. The summed E-state index contributed by atoms with van der Waals surface area (Å²) < 4.78 is 0. The SMILES string of the molecule is C[C@@H]1NC(=O)N(N)C1=O. The zero-order chi connectivity index (χ0) is 7.02. The van der Waals surface area contributed by atoms with E-state index in [1.54, 1.807) is 6.92 Å². The minimum atomic E-state index is -0.535. The van der Waals surface area contributed by atoms with Crippen LogP contribution in [0.2, 0.25) is 0 Å². The molecule has 5 heteroatoms. The summed E-state index contributed by atoms with van der Waals surface area (Å²) in [6.45, 7) is 1.58. The van der Waals surface area contributed by atoms with E-state index < -0.39 is 12.1 Å². The summed E-state index contributed by atoms with van der Waals surface area (Å²) in [4.78, 5) is 21.1. The molecule has 5 nitrogen and oxygen atoms in total. The molecule has 9 heavy (non-hydrogen) atoms. The number of hydrazine groups is 1. The lowest BCUT2D eigenvalue weighted by Gasteiger charge is -2.00. The first-order chi connectivity index (χ1) is 4.13. The van der Waals surface area contributed by atoms with Crippen molar-refractivity contribution in [3.63, 3.8) is 0 Å². The molecular weight excluding hydrogens is 122 g/mol. The van der Waals surface area contributed by atoms with Gasteiger partial charge in [0.25, 0.3) is 5.91 Å². The largest absolute Gasteiger partial charge is 0.339 e. The van der Waals surface area contributed by atoms with Gasteiger partial charge < -0.3 is 5.32 Å². The van der Waals surface area contributed by atoms with E-state index in [1.807, 2.05) is 0 Å². The second kappa shape index (κ2) is 1.70. The number of carbonyl (C=O) groups excluding carboxylic acids is 2. The quantitative estimate of drug-likeness (QED) is 0.245. The van der Waals surface area contributed by atoms with Crippen molar-refractivity contribution in [2.45, 2.75) is 13.0 Å². The van der Waals surface area contributed by atoms with Gasteiger partial charge in [-0.2, -0.15) is 5.01 Å². The molecule has 0 aromatic carbocycles. The summed E-state index contributed by atoms with van der Waals surface area (Å²) in [7, 11) is 0. The first-order valence-corrected chi connectivity index (χ1v) is 2.52. The number of nitrogens with two attached hydrogens (primary N) is 1. The number of nitrogens with zero attached hydrogens (tertiary/aromatic N) is 1. The smallest absolute Gasteiger partial charge is 0.325 e. The van der Waals surface area contributed by atoms with Gasteiger partial charge in [-0.3, -0.25) is 4.79 Å². The predicted molar refractivity (Wildman–Crippen MR) is 29.0 cm³/mol. The summed E-state index contributed by atoms with van der Waals surface area (Å²) in [5.74, 6) is 4.60. The Kier molecular flexibility index (Phi) is 1.14. The molecule has 0 bridgehead atoms. The molecule has 0 aromatic rings. The van der Waals surface area contributed by atoms with Crippen molar-refractivity contribution in [2.24, 2.45) is 5.84 Å². The normalized spacial score (nSPS) is 26.9. The zero-order valence-electron chi connectivity index (χ0n) is 4.92. The maximum Gasteiger partial charge on any atom is 0.339 e.